The van der Waals surface area contributed by atoms with Gasteiger partial charge < -0.3 is 98.8 Å². The van der Waals surface area contributed by atoms with Crippen molar-refractivity contribution in [3.63, 3.8) is 0 Å². The van der Waals surface area contributed by atoms with E-state index in [9.17, 15) is 57.5 Å². The number of hydrogen-bond acceptors (Lipinski definition) is 33. The van der Waals surface area contributed by atoms with Crippen molar-refractivity contribution in [2.75, 3.05) is 59.5 Å². The minimum absolute atomic E-state index is 0.0381. The van der Waals surface area contributed by atoms with E-state index in [1.807, 2.05) is 0 Å². The third-order valence-electron chi connectivity index (χ3n) is 11.1. The molecule has 85 heavy (non-hydrogen) atoms. The Hall–Kier alpha value is -6.29. The Kier molecular flexibility index (Phi) is 32.0. The van der Waals surface area contributed by atoms with Crippen molar-refractivity contribution in [3.05, 3.63) is 0 Å². The fourth-order valence-electron chi connectivity index (χ4n) is 8.27. The van der Waals surface area contributed by atoms with E-state index in [1.165, 1.54) is 0 Å². The predicted molar refractivity (Wildman–Crippen MR) is 272 cm³/mol. The van der Waals surface area contributed by atoms with Crippen LogP contribution in [0.5, 0.6) is 0 Å². The fourth-order valence-corrected chi connectivity index (χ4v) is 9.33. The summed E-state index contributed by atoms with van der Waals surface area (Å²) in [5.41, 5.74) is 0. The molecule has 33 nitrogen and oxygen atoms in total. The van der Waals surface area contributed by atoms with Crippen LogP contribution in [-0.2, 0) is 156 Å². The van der Waals surface area contributed by atoms with Crippen molar-refractivity contribution in [2.24, 2.45) is 0 Å². The van der Waals surface area contributed by atoms with Gasteiger partial charge in [0.2, 0.25) is 0 Å². The van der Waals surface area contributed by atoms with Gasteiger partial charge in [0.15, 0.2) is 73.8 Å². The maximum Gasteiger partial charge on any atom is 0.332 e. The molecule has 0 unspecified atom stereocenters. The van der Waals surface area contributed by atoms with Gasteiger partial charge in [-0.05, 0) is 19.3 Å². The summed E-state index contributed by atoms with van der Waals surface area (Å²) in [5, 5.41) is 0. The van der Waals surface area contributed by atoms with Gasteiger partial charge in [-0.3, -0.25) is 57.5 Å². The Morgan fingerprint density at radius 1 is 0.271 bits per heavy atom. The van der Waals surface area contributed by atoms with Crippen molar-refractivity contribution in [3.8, 4) is 0 Å². The average molecular weight is 1250 g/mol. The third-order valence-corrected chi connectivity index (χ3v) is 12.3. The number of rotatable bonds is 33. The summed E-state index contributed by atoms with van der Waals surface area (Å²) in [6.45, 7) is 10.3. The van der Waals surface area contributed by atoms with E-state index in [-0.39, 0.29) is 58.9 Å². The van der Waals surface area contributed by atoms with Crippen LogP contribution in [0.15, 0.2) is 0 Å². The molecular weight excluding hydrogens is 1170 g/mol. The summed E-state index contributed by atoms with van der Waals surface area (Å²) in [6.07, 6.45) is -21.5. The minimum atomic E-state index is -2.30. The van der Waals surface area contributed by atoms with Crippen molar-refractivity contribution >= 4 is 80.2 Å². The van der Waals surface area contributed by atoms with Gasteiger partial charge >= 0.3 is 80.2 Å². The Labute approximate surface area is 489 Å². The molecule has 3 fully saturated rings. The Morgan fingerprint density at radius 3 is 0.671 bits per heavy atom. The SMILES string of the molecule is CC(=O)OC[C@H]1O[C@@H](OCCCOP(OCCCO[C@@H]2O[C@H](COC(C)=O)[C@H](OC(C)=O)[C@H](OC(C)=O)[C@H]2OC(C)=O)OCCCO[C@@H]2O[C@H](COC(C)=O)[C@H](OC(C)=O)[C@H](OC(C)=O)[C@H]2OC(C)=O)[C@H](OC(C)=O)[C@@H](OC(C)=O)[C@H]1OC(C)=O. The van der Waals surface area contributed by atoms with Gasteiger partial charge in [0.1, 0.15) is 38.1 Å². The first kappa shape index (κ1) is 73.0. The summed E-state index contributed by atoms with van der Waals surface area (Å²) in [4.78, 5) is 146. The predicted octanol–water partition coefficient (Wildman–Crippen LogP) is 0.733. The highest BCUT2D eigenvalue weighted by Gasteiger charge is 2.55. The lowest BCUT2D eigenvalue weighted by Crippen LogP contribution is -2.63. The van der Waals surface area contributed by atoms with Gasteiger partial charge in [0, 0.05) is 83.1 Å². The van der Waals surface area contributed by atoms with Gasteiger partial charge in [-0.15, -0.1) is 0 Å². The van der Waals surface area contributed by atoms with E-state index in [0.29, 0.717) is 0 Å². The number of carbonyl (C=O) groups is 12. The van der Waals surface area contributed by atoms with Crippen molar-refractivity contribution < 1.29 is 156 Å². The van der Waals surface area contributed by atoms with E-state index in [4.69, 9.17) is 98.8 Å². The lowest BCUT2D eigenvalue weighted by Gasteiger charge is -2.44. The first-order valence-corrected chi connectivity index (χ1v) is 27.6. The summed E-state index contributed by atoms with van der Waals surface area (Å²) >= 11 is 0. The molecular formula is C51H75O33P. The van der Waals surface area contributed by atoms with Crippen LogP contribution in [0.25, 0.3) is 0 Å². The zero-order valence-corrected chi connectivity index (χ0v) is 50.0. The summed E-state index contributed by atoms with van der Waals surface area (Å²) in [6, 6.07) is 0. The van der Waals surface area contributed by atoms with E-state index >= 15 is 0 Å². The van der Waals surface area contributed by atoms with Crippen LogP contribution < -0.4 is 0 Å². The second-order valence-electron chi connectivity index (χ2n) is 18.6. The second kappa shape index (κ2) is 37.3. The molecule has 0 aromatic heterocycles. The molecule has 3 heterocycles. The molecule has 0 radical (unpaired) electrons. The molecule has 0 aromatic rings. The fraction of sp³-hybridized carbons (Fsp3) is 0.765. The van der Waals surface area contributed by atoms with E-state index < -0.39 is 192 Å². The van der Waals surface area contributed by atoms with Crippen LogP contribution in [0.3, 0.4) is 0 Å². The lowest BCUT2D eigenvalue weighted by molar-refractivity contribution is -0.308. The molecule has 3 rings (SSSR count). The van der Waals surface area contributed by atoms with Gasteiger partial charge in [0.25, 0.3) is 0 Å². The summed E-state index contributed by atoms with van der Waals surface area (Å²) in [5.74, 6) is -9.79. The van der Waals surface area contributed by atoms with Crippen molar-refractivity contribution in [1.82, 2.24) is 0 Å². The van der Waals surface area contributed by atoms with E-state index in [2.05, 4.69) is 0 Å². The molecule has 3 saturated heterocycles. The normalized spacial score (nSPS) is 27.1. The second-order valence-corrected chi connectivity index (χ2v) is 19.8. The Morgan fingerprint density at radius 2 is 0.471 bits per heavy atom. The highest BCUT2D eigenvalue weighted by atomic mass is 31.2. The quantitative estimate of drug-likeness (QED) is 0.0378. The van der Waals surface area contributed by atoms with Crippen molar-refractivity contribution in [2.45, 2.75) is 194 Å². The van der Waals surface area contributed by atoms with Crippen LogP contribution in [0, 0.1) is 0 Å². The van der Waals surface area contributed by atoms with Gasteiger partial charge in [0.05, 0.1) is 39.6 Å². The van der Waals surface area contributed by atoms with Crippen LogP contribution in [0.1, 0.15) is 102 Å². The van der Waals surface area contributed by atoms with Crippen molar-refractivity contribution in [1.29, 1.82) is 0 Å². The molecule has 3 aliphatic heterocycles. The number of carbonyl (C=O) groups excluding carboxylic acids is 12. The first-order valence-electron chi connectivity index (χ1n) is 26.5. The zero-order valence-electron chi connectivity index (χ0n) is 49.1. The minimum Gasteiger partial charge on any atom is -0.463 e. The molecule has 0 N–H and O–H groups in total. The van der Waals surface area contributed by atoms with Crippen LogP contribution in [0.2, 0.25) is 0 Å². The smallest absolute Gasteiger partial charge is 0.332 e. The maximum atomic E-state index is 12.3. The van der Waals surface area contributed by atoms with Crippen LogP contribution >= 0.6 is 8.60 Å². The topological polar surface area (TPSA) is 399 Å². The number of hydrogen-bond donors (Lipinski definition) is 0. The molecule has 0 spiro atoms. The molecule has 0 bridgehead atoms. The molecule has 0 saturated carbocycles. The molecule has 0 amide bonds. The Balaban J connectivity index is 1.84. The third kappa shape index (κ3) is 26.9. The van der Waals surface area contributed by atoms with Gasteiger partial charge in [-0.2, -0.15) is 0 Å². The first-order chi connectivity index (χ1) is 40.1. The largest absolute Gasteiger partial charge is 0.463 e. The molecule has 15 atom stereocenters. The van der Waals surface area contributed by atoms with E-state index in [1.54, 1.807) is 0 Å². The molecule has 3 aliphatic rings. The summed E-state index contributed by atoms with van der Waals surface area (Å²) < 4.78 is 118. The maximum absolute atomic E-state index is 12.3. The summed E-state index contributed by atoms with van der Waals surface area (Å²) in [7, 11) is -2.30. The van der Waals surface area contributed by atoms with Gasteiger partial charge in [-0.1, -0.05) is 0 Å². The standard InChI is InChI=1S/C51H75O33P/c1-25(52)67-22-37-40(73-28(4)55)43(76-31(7)58)46(79-34(10)61)49(82-37)64-16-13-19-70-85(71-20-14-17-65-50-47(80-35(11)62)44(77-32(8)59)41(74-29(5)56)38(83-50)23-68-26(2)53)72-21-15-18-66-51-48(81-36(12)63)45(78-33(9)60)42(75-30(6)57)39(84-51)24-69-27(3)54/h37-51H,13-24H2,1-12H3/t37-,38-,39-,40+,41+,42+,43+,44+,45+,46-,47-,48-,49-,50-,51-/m1/s1. The average Bonchev–Trinajstić information content (AvgIpc) is 2.75. The molecule has 0 aliphatic carbocycles. The number of ether oxygens (including phenoxy) is 18. The monoisotopic (exact) mass is 1250 g/mol. The van der Waals surface area contributed by atoms with Crippen LogP contribution in [-0.4, -0.2) is 223 Å². The molecule has 0 aromatic carbocycles. The highest BCUT2D eigenvalue weighted by Crippen LogP contribution is 2.41. The van der Waals surface area contributed by atoms with Crippen LogP contribution in [0.4, 0.5) is 0 Å². The highest BCUT2D eigenvalue weighted by molar-refractivity contribution is 7.41. The molecule has 482 valence electrons. The van der Waals surface area contributed by atoms with Gasteiger partial charge in [-0.25, -0.2) is 0 Å². The zero-order chi connectivity index (χ0) is 63.5. The lowest BCUT2D eigenvalue weighted by atomic mass is 9.98. The molecule has 34 heteroatoms. The Bertz CT molecular complexity index is 2020. The van der Waals surface area contributed by atoms with E-state index in [0.717, 1.165) is 83.1 Å². The number of esters is 12.